The highest BCUT2D eigenvalue weighted by molar-refractivity contribution is 6.35. The first-order chi connectivity index (χ1) is 14.3. The fourth-order valence-corrected chi connectivity index (χ4v) is 3.02. The number of non-ortho nitro benzene ring substituents is 1. The van der Waals surface area contributed by atoms with Crippen LogP contribution in [0.1, 0.15) is 36.7 Å². The van der Waals surface area contributed by atoms with Crippen LogP contribution in [0.5, 0.6) is 5.75 Å². The number of nitrogens with one attached hydrogen (secondary N) is 1. The highest BCUT2D eigenvalue weighted by Gasteiger charge is 2.19. The van der Waals surface area contributed by atoms with Crippen LogP contribution in [0, 0.1) is 10.1 Å². The Morgan fingerprint density at radius 1 is 1.17 bits per heavy atom. The number of phenolic OH excluding ortho intramolecular Hbond substituents is 1. The highest BCUT2D eigenvalue weighted by atomic mass is 35.5. The minimum atomic E-state index is -0.671. The summed E-state index contributed by atoms with van der Waals surface area (Å²) in [5, 5.41) is 23.8. The molecule has 0 saturated carbocycles. The number of carbonyl (C=O) groups is 1. The Kier molecular flexibility index (Phi) is 7.86. The van der Waals surface area contributed by atoms with Gasteiger partial charge in [0.15, 0.2) is 0 Å². The smallest absolute Gasteiger partial charge is 0.271 e. The van der Waals surface area contributed by atoms with Gasteiger partial charge in [0, 0.05) is 17.7 Å². The molecule has 1 aromatic heterocycles. The number of anilines is 1. The van der Waals surface area contributed by atoms with Gasteiger partial charge in [0.1, 0.15) is 11.5 Å². The van der Waals surface area contributed by atoms with Gasteiger partial charge in [-0.15, -0.1) is 0 Å². The lowest BCUT2D eigenvalue weighted by molar-refractivity contribution is -0.384. The van der Waals surface area contributed by atoms with E-state index in [9.17, 15) is 20.0 Å². The number of amides is 1. The second-order valence-electron chi connectivity index (χ2n) is 5.90. The fourth-order valence-electron chi connectivity index (χ4n) is 2.54. The van der Waals surface area contributed by atoms with Gasteiger partial charge in [0.05, 0.1) is 32.5 Å². The van der Waals surface area contributed by atoms with Crippen molar-refractivity contribution in [2.24, 2.45) is 0 Å². The highest BCUT2D eigenvalue weighted by Crippen LogP contribution is 2.35. The largest absolute Gasteiger partial charge is 0.507 e. The molecule has 0 aliphatic rings. The molecule has 0 bridgehead atoms. The van der Waals surface area contributed by atoms with E-state index in [1.54, 1.807) is 12.3 Å². The van der Waals surface area contributed by atoms with Crippen LogP contribution in [0.3, 0.4) is 0 Å². The van der Waals surface area contributed by atoms with E-state index >= 15 is 0 Å². The van der Waals surface area contributed by atoms with E-state index in [0.717, 1.165) is 18.1 Å². The van der Waals surface area contributed by atoms with Crippen LogP contribution in [0.4, 0.5) is 11.4 Å². The van der Waals surface area contributed by atoms with E-state index in [-0.39, 0.29) is 32.7 Å². The van der Waals surface area contributed by atoms with Crippen LogP contribution in [-0.4, -0.2) is 15.9 Å². The van der Waals surface area contributed by atoms with Gasteiger partial charge >= 0.3 is 0 Å². The average Bonchev–Trinajstić information content (AvgIpc) is 3.21. The van der Waals surface area contributed by atoms with Crippen LogP contribution in [-0.2, 0) is 6.42 Å². The second kappa shape index (κ2) is 10.1. The number of halogens is 2. The lowest BCUT2D eigenvalue weighted by Crippen LogP contribution is -2.12. The predicted molar refractivity (Wildman–Crippen MR) is 118 cm³/mol. The van der Waals surface area contributed by atoms with Crippen molar-refractivity contribution in [3.8, 4) is 17.1 Å². The number of rotatable bonds is 5. The fraction of sp³-hybridized carbons (Fsp3) is 0.190. The molecule has 0 atom stereocenters. The summed E-state index contributed by atoms with van der Waals surface area (Å²) in [6.07, 6.45) is 2.38. The van der Waals surface area contributed by atoms with Crippen LogP contribution in [0.2, 0.25) is 10.0 Å². The number of benzene rings is 2. The van der Waals surface area contributed by atoms with Gasteiger partial charge in [-0.3, -0.25) is 14.9 Å². The van der Waals surface area contributed by atoms with Crippen molar-refractivity contribution in [2.75, 3.05) is 5.32 Å². The van der Waals surface area contributed by atoms with Gasteiger partial charge < -0.3 is 14.8 Å². The molecule has 2 N–H and O–H groups in total. The zero-order valence-electron chi connectivity index (χ0n) is 16.5. The van der Waals surface area contributed by atoms with Gasteiger partial charge in [-0.2, -0.15) is 0 Å². The summed E-state index contributed by atoms with van der Waals surface area (Å²) in [7, 11) is 0. The van der Waals surface area contributed by atoms with E-state index in [0.29, 0.717) is 11.3 Å². The number of furan rings is 1. The van der Waals surface area contributed by atoms with Crippen molar-refractivity contribution >= 4 is 40.5 Å². The van der Waals surface area contributed by atoms with Crippen molar-refractivity contribution in [2.45, 2.75) is 27.2 Å². The SMILES string of the molecule is CC.CCc1coc(-c2cc(O)c(C(=O)Nc3ccc([N+](=O)[O-])cc3Cl)cc2Cl)c1. The summed E-state index contributed by atoms with van der Waals surface area (Å²) in [4.78, 5) is 22.7. The maximum atomic E-state index is 12.5. The average molecular weight is 451 g/mol. The second-order valence-corrected chi connectivity index (χ2v) is 6.71. The number of aryl methyl sites for hydroxylation is 1. The third kappa shape index (κ3) is 5.11. The molecular weight excluding hydrogens is 431 g/mol. The zero-order valence-corrected chi connectivity index (χ0v) is 18.0. The van der Waals surface area contributed by atoms with Crippen LogP contribution >= 0.6 is 23.2 Å². The lowest BCUT2D eigenvalue weighted by Gasteiger charge is -2.10. The van der Waals surface area contributed by atoms with Crippen molar-refractivity contribution < 1.29 is 19.2 Å². The van der Waals surface area contributed by atoms with E-state index in [1.807, 2.05) is 20.8 Å². The van der Waals surface area contributed by atoms with E-state index < -0.39 is 10.8 Å². The van der Waals surface area contributed by atoms with Gasteiger partial charge in [0.2, 0.25) is 0 Å². The molecule has 0 aliphatic carbocycles. The Morgan fingerprint density at radius 2 is 1.87 bits per heavy atom. The quantitative estimate of drug-likeness (QED) is 0.331. The molecule has 3 rings (SSSR count). The topological polar surface area (TPSA) is 106 Å². The molecule has 0 radical (unpaired) electrons. The Hall–Kier alpha value is -3.03. The molecule has 3 aromatic rings. The number of nitro groups is 1. The summed E-state index contributed by atoms with van der Waals surface area (Å²) in [6, 6.07) is 8.09. The zero-order chi connectivity index (χ0) is 22.4. The molecule has 1 heterocycles. The molecule has 2 aromatic carbocycles. The minimum Gasteiger partial charge on any atom is -0.507 e. The number of hydrogen-bond donors (Lipinski definition) is 2. The number of nitrogens with zero attached hydrogens (tertiary/aromatic N) is 1. The summed E-state index contributed by atoms with van der Waals surface area (Å²) < 4.78 is 5.45. The first-order valence-corrected chi connectivity index (χ1v) is 9.91. The van der Waals surface area contributed by atoms with Crippen LogP contribution in [0.25, 0.3) is 11.3 Å². The monoisotopic (exact) mass is 450 g/mol. The summed E-state index contributed by atoms with van der Waals surface area (Å²) in [5.74, 6) is -0.498. The van der Waals surface area contributed by atoms with Crippen LogP contribution in [0.15, 0.2) is 47.1 Å². The maximum absolute atomic E-state index is 12.5. The molecule has 0 aliphatic heterocycles. The van der Waals surface area contributed by atoms with E-state index in [1.165, 1.54) is 24.3 Å². The standard InChI is InChI=1S/C19H14Cl2N2O5.C2H6/c1-2-10-5-18(28-9-10)12-8-17(24)13(7-14(12)20)19(25)22-16-4-3-11(23(26)27)6-15(16)21;1-2/h3-9,24H,2H2,1H3,(H,22,25);1-2H3. The molecule has 1 amide bonds. The Balaban J connectivity index is 0.00000155. The van der Waals surface area contributed by atoms with E-state index in [2.05, 4.69) is 5.32 Å². The molecule has 0 unspecified atom stereocenters. The van der Waals surface area contributed by atoms with E-state index in [4.69, 9.17) is 27.6 Å². The summed E-state index contributed by atoms with van der Waals surface area (Å²) >= 11 is 12.2. The number of carbonyl (C=O) groups excluding carboxylic acids is 1. The Labute approximate surface area is 183 Å². The third-order valence-corrected chi connectivity index (χ3v) is 4.69. The van der Waals surface area contributed by atoms with Crippen molar-refractivity contribution in [1.82, 2.24) is 0 Å². The number of phenols is 1. The maximum Gasteiger partial charge on any atom is 0.271 e. The van der Waals surface area contributed by atoms with Crippen molar-refractivity contribution in [1.29, 1.82) is 0 Å². The van der Waals surface area contributed by atoms with Crippen molar-refractivity contribution in [3.63, 3.8) is 0 Å². The predicted octanol–water partition coefficient (Wildman–Crippen LogP) is 6.71. The molecule has 0 spiro atoms. The summed E-state index contributed by atoms with van der Waals surface area (Å²) in [6.45, 7) is 5.98. The van der Waals surface area contributed by atoms with Gasteiger partial charge in [0.25, 0.3) is 11.6 Å². The first kappa shape index (κ1) is 23.3. The lowest BCUT2D eigenvalue weighted by atomic mass is 10.1. The molecular formula is C21H20Cl2N2O5. The Bertz CT molecular complexity index is 1080. The van der Waals surface area contributed by atoms with Gasteiger partial charge in [-0.1, -0.05) is 44.0 Å². The number of nitro benzene ring substituents is 1. The normalized spacial score (nSPS) is 10.2. The summed E-state index contributed by atoms with van der Waals surface area (Å²) in [5.41, 5.74) is 1.30. The molecule has 30 heavy (non-hydrogen) atoms. The third-order valence-electron chi connectivity index (χ3n) is 4.07. The molecule has 9 heteroatoms. The van der Waals surface area contributed by atoms with Gasteiger partial charge in [-0.25, -0.2) is 0 Å². The van der Waals surface area contributed by atoms with Crippen LogP contribution < -0.4 is 5.32 Å². The van der Waals surface area contributed by atoms with Gasteiger partial charge in [-0.05, 0) is 36.2 Å². The molecule has 0 saturated heterocycles. The minimum absolute atomic E-state index is 0.00700. The Morgan fingerprint density at radius 3 is 2.43 bits per heavy atom. The number of hydrogen-bond acceptors (Lipinski definition) is 5. The first-order valence-electron chi connectivity index (χ1n) is 9.15. The molecule has 7 nitrogen and oxygen atoms in total. The molecule has 158 valence electrons. The van der Waals surface area contributed by atoms with Crippen molar-refractivity contribution in [3.05, 3.63) is 73.9 Å². The molecule has 0 fully saturated rings. The number of aromatic hydroxyl groups is 1.